The Kier molecular flexibility index (Phi) is 8.89. The number of benzene rings is 1. The highest BCUT2D eigenvalue weighted by Gasteiger charge is 2.37. The Balaban J connectivity index is 2.25. The Bertz CT molecular complexity index is 369. The van der Waals surface area contributed by atoms with Crippen LogP contribution >= 0.6 is 11.8 Å². The van der Waals surface area contributed by atoms with Gasteiger partial charge in [-0.2, -0.15) is 11.8 Å². The van der Waals surface area contributed by atoms with Gasteiger partial charge in [0, 0.05) is 26.0 Å². The van der Waals surface area contributed by atoms with Crippen molar-refractivity contribution in [2.45, 2.75) is 18.2 Å². The van der Waals surface area contributed by atoms with Gasteiger partial charge in [-0.05, 0) is 17.7 Å². The summed E-state index contributed by atoms with van der Waals surface area (Å²) in [6, 6.07) is 11.4. The van der Waals surface area contributed by atoms with E-state index in [0.29, 0.717) is 6.61 Å². The second-order valence-corrected chi connectivity index (χ2v) is 8.41. The summed E-state index contributed by atoms with van der Waals surface area (Å²) in [5, 5.41) is 0. The Morgan fingerprint density at radius 2 is 1.90 bits per heavy atom. The van der Waals surface area contributed by atoms with Crippen LogP contribution in [0.3, 0.4) is 0 Å². The lowest BCUT2D eigenvalue weighted by Crippen LogP contribution is -2.43. The molecule has 0 radical (unpaired) electrons. The zero-order valence-electron chi connectivity index (χ0n) is 12.3. The third-order valence-electron chi connectivity index (χ3n) is 2.93. The molecule has 1 aromatic rings. The topological polar surface area (TPSA) is 27.7 Å². The number of hydrogen-bond donors (Lipinski definition) is 0. The molecule has 20 heavy (non-hydrogen) atoms. The van der Waals surface area contributed by atoms with Crippen molar-refractivity contribution in [3.05, 3.63) is 48.6 Å². The summed E-state index contributed by atoms with van der Waals surface area (Å²) in [7, 11) is 0.847. The van der Waals surface area contributed by atoms with Crippen LogP contribution in [0.2, 0.25) is 6.04 Å². The van der Waals surface area contributed by atoms with Crippen LogP contribution < -0.4 is 0 Å². The Hall–Kier alpha value is -0.593. The van der Waals surface area contributed by atoms with E-state index in [1.54, 1.807) is 20.3 Å². The fourth-order valence-electron chi connectivity index (χ4n) is 1.82. The van der Waals surface area contributed by atoms with Crippen molar-refractivity contribution in [2.24, 2.45) is 0 Å². The standard InChI is InChI=1S/C15H24O3SSi/c1-4-11-18-20(16-2,17-3)13-8-12-19-14-15-9-6-5-7-10-15/h4-7,9-10H,1,8,11-14H2,2-3H3. The summed E-state index contributed by atoms with van der Waals surface area (Å²) >= 11 is 1.93. The maximum Gasteiger partial charge on any atom is 0.500 e. The maximum absolute atomic E-state index is 5.71. The average molecular weight is 313 g/mol. The van der Waals surface area contributed by atoms with E-state index in [2.05, 4.69) is 30.8 Å². The zero-order chi connectivity index (χ0) is 14.7. The predicted molar refractivity (Wildman–Crippen MR) is 87.9 cm³/mol. The van der Waals surface area contributed by atoms with Gasteiger partial charge in [-0.3, -0.25) is 0 Å². The van der Waals surface area contributed by atoms with Gasteiger partial charge in [0.15, 0.2) is 0 Å². The van der Waals surface area contributed by atoms with Crippen molar-refractivity contribution in [1.29, 1.82) is 0 Å². The molecule has 0 bridgehead atoms. The average Bonchev–Trinajstić information content (AvgIpc) is 2.51. The van der Waals surface area contributed by atoms with Crippen molar-refractivity contribution in [1.82, 2.24) is 0 Å². The third-order valence-corrected chi connectivity index (χ3v) is 6.86. The van der Waals surface area contributed by atoms with E-state index in [-0.39, 0.29) is 0 Å². The van der Waals surface area contributed by atoms with E-state index in [1.165, 1.54) is 5.56 Å². The summed E-state index contributed by atoms with van der Waals surface area (Å²) in [5.41, 5.74) is 1.36. The van der Waals surface area contributed by atoms with Gasteiger partial charge in [0.1, 0.15) is 0 Å². The number of rotatable bonds is 11. The van der Waals surface area contributed by atoms with Crippen molar-refractivity contribution >= 4 is 20.6 Å². The quantitative estimate of drug-likeness (QED) is 0.353. The van der Waals surface area contributed by atoms with Crippen LogP contribution in [0.4, 0.5) is 0 Å². The van der Waals surface area contributed by atoms with Crippen molar-refractivity contribution in [2.75, 3.05) is 26.6 Å². The Morgan fingerprint density at radius 1 is 1.20 bits per heavy atom. The first-order valence-corrected chi connectivity index (χ1v) is 9.82. The highest BCUT2D eigenvalue weighted by atomic mass is 32.2. The largest absolute Gasteiger partial charge is 0.500 e. The first-order valence-electron chi connectivity index (χ1n) is 6.73. The van der Waals surface area contributed by atoms with E-state index in [9.17, 15) is 0 Å². The summed E-state index contributed by atoms with van der Waals surface area (Å²) in [5.74, 6) is 2.12. The molecule has 0 saturated carbocycles. The van der Waals surface area contributed by atoms with Gasteiger partial charge in [0.2, 0.25) is 0 Å². The van der Waals surface area contributed by atoms with Gasteiger partial charge in [-0.25, -0.2) is 0 Å². The number of thioether (sulfide) groups is 1. The molecule has 0 heterocycles. The molecule has 0 saturated heterocycles. The monoisotopic (exact) mass is 312 g/mol. The van der Waals surface area contributed by atoms with Crippen LogP contribution in [-0.2, 0) is 19.0 Å². The van der Waals surface area contributed by atoms with E-state index >= 15 is 0 Å². The molecule has 0 aliphatic heterocycles. The fraction of sp³-hybridized carbons (Fsp3) is 0.467. The van der Waals surface area contributed by atoms with Crippen LogP contribution in [-0.4, -0.2) is 35.4 Å². The summed E-state index contributed by atoms with van der Waals surface area (Å²) in [4.78, 5) is 0. The van der Waals surface area contributed by atoms with Crippen LogP contribution in [0.1, 0.15) is 12.0 Å². The molecule has 0 aliphatic rings. The van der Waals surface area contributed by atoms with Gasteiger partial charge >= 0.3 is 8.80 Å². The summed E-state index contributed by atoms with van der Waals surface area (Å²) in [6.07, 6.45) is 2.76. The molecular formula is C15H24O3SSi. The first-order chi connectivity index (χ1) is 9.76. The van der Waals surface area contributed by atoms with Gasteiger partial charge in [0.05, 0.1) is 6.61 Å². The third kappa shape index (κ3) is 6.24. The number of hydrogen-bond acceptors (Lipinski definition) is 4. The van der Waals surface area contributed by atoms with Gasteiger partial charge in [0.25, 0.3) is 0 Å². The Labute approximate surface area is 127 Å². The van der Waals surface area contributed by atoms with Crippen LogP contribution in [0.5, 0.6) is 0 Å². The van der Waals surface area contributed by atoms with Crippen LogP contribution in [0, 0.1) is 0 Å². The van der Waals surface area contributed by atoms with Crippen molar-refractivity contribution in [3.63, 3.8) is 0 Å². The van der Waals surface area contributed by atoms with Gasteiger partial charge in [-0.15, -0.1) is 6.58 Å². The molecule has 3 nitrogen and oxygen atoms in total. The van der Waals surface area contributed by atoms with Gasteiger partial charge in [-0.1, -0.05) is 36.4 Å². The van der Waals surface area contributed by atoms with Crippen LogP contribution in [0.15, 0.2) is 43.0 Å². The molecule has 0 unspecified atom stereocenters. The summed E-state index contributed by atoms with van der Waals surface area (Å²) < 4.78 is 16.7. The molecule has 112 valence electrons. The Morgan fingerprint density at radius 3 is 2.50 bits per heavy atom. The second kappa shape index (κ2) is 10.2. The first kappa shape index (κ1) is 17.5. The lowest BCUT2D eigenvalue weighted by Gasteiger charge is -2.25. The zero-order valence-corrected chi connectivity index (χ0v) is 14.2. The van der Waals surface area contributed by atoms with Crippen LogP contribution in [0.25, 0.3) is 0 Å². The predicted octanol–water partition coefficient (Wildman–Crippen LogP) is 3.74. The van der Waals surface area contributed by atoms with Crippen molar-refractivity contribution < 1.29 is 13.3 Å². The highest BCUT2D eigenvalue weighted by Crippen LogP contribution is 2.20. The molecule has 1 rings (SSSR count). The smallest absolute Gasteiger partial charge is 0.377 e. The molecule has 0 atom stereocenters. The van der Waals surface area contributed by atoms with E-state index in [0.717, 1.165) is 24.0 Å². The van der Waals surface area contributed by atoms with E-state index in [1.807, 2.05) is 17.8 Å². The molecule has 0 spiro atoms. The van der Waals surface area contributed by atoms with E-state index < -0.39 is 8.80 Å². The molecule has 0 amide bonds. The summed E-state index contributed by atoms with van der Waals surface area (Å²) in [6.45, 7) is 4.13. The normalized spacial score (nSPS) is 11.5. The fourth-order valence-corrected chi connectivity index (χ4v) is 4.93. The van der Waals surface area contributed by atoms with E-state index in [4.69, 9.17) is 13.3 Å². The molecule has 0 aromatic heterocycles. The minimum Gasteiger partial charge on any atom is -0.377 e. The minimum absolute atomic E-state index is 0.477. The maximum atomic E-state index is 5.71. The molecule has 5 heteroatoms. The van der Waals surface area contributed by atoms with Crippen molar-refractivity contribution in [3.8, 4) is 0 Å². The SMILES string of the molecule is C=CCO[Si](CCCSCc1ccccc1)(OC)OC. The molecule has 0 aliphatic carbocycles. The molecular weight excluding hydrogens is 288 g/mol. The lowest BCUT2D eigenvalue weighted by molar-refractivity contribution is 0.110. The molecule has 1 aromatic carbocycles. The minimum atomic E-state index is -2.48. The highest BCUT2D eigenvalue weighted by molar-refractivity contribution is 7.98. The lowest BCUT2D eigenvalue weighted by atomic mass is 10.2. The molecule has 0 N–H and O–H groups in total. The second-order valence-electron chi connectivity index (χ2n) is 4.33. The molecule has 0 fully saturated rings. The van der Waals surface area contributed by atoms with Gasteiger partial charge < -0.3 is 13.3 Å².